The molecule has 2 aromatic heterocycles. The smallest absolute Gasteiger partial charge is 0.348 e. The average Bonchev–Trinajstić information content (AvgIpc) is 3.59. The van der Waals surface area contributed by atoms with E-state index in [2.05, 4.69) is 10.2 Å². The fourth-order valence-corrected chi connectivity index (χ4v) is 7.89. The number of carbonyl (C=O) groups excluding carboxylic acids is 2. The van der Waals surface area contributed by atoms with Crippen LogP contribution in [0.5, 0.6) is 11.5 Å². The number of esters is 2. The van der Waals surface area contributed by atoms with Gasteiger partial charge in [0.05, 0.1) is 14.2 Å². The van der Waals surface area contributed by atoms with Crippen molar-refractivity contribution in [1.29, 1.82) is 0 Å². The van der Waals surface area contributed by atoms with Crippen LogP contribution in [-0.2, 0) is 27.2 Å². The molecule has 2 bridgehead atoms. The number of methoxy groups -OCH3 is 2. The Balaban J connectivity index is 1.18. The van der Waals surface area contributed by atoms with Crippen LogP contribution in [0, 0.1) is 16.9 Å². The third-order valence-electron chi connectivity index (χ3n) is 9.10. The van der Waals surface area contributed by atoms with E-state index in [1.54, 1.807) is 42.5 Å². The highest BCUT2D eigenvalue weighted by molar-refractivity contribution is 7.13. The summed E-state index contributed by atoms with van der Waals surface area (Å²) < 4.78 is 37.6. The van der Waals surface area contributed by atoms with E-state index in [0.717, 1.165) is 30.8 Å². The van der Waals surface area contributed by atoms with Gasteiger partial charge in [-0.05, 0) is 79.4 Å². The highest BCUT2D eigenvalue weighted by Crippen LogP contribution is 2.36. The third kappa shape index (κ3) is 8.33. The standard InChI is InChI=1S/C36H36Cl2FN3O7S/c1-46-29-8-6-22(15-31(29)47-2)30(16-26-27(37)18-42(45)19-28(26)38)48-35(43)33-9-7-25(50-33)17-40-34(23-4-3-5-24(39)14-23)36(44)49-32-20-41-12-10-21(32)11-13-41/h3-9,14-15,18-19,21,30,32,34,40H,10-13,16-17,20H2,1-2H3/t30-,32-,34?/m0/s1. The number of carbonyl (C=O) groups is 2. The second-order valence-electron chi connectivity index (χ2n) is 12.3. The predicted molar refractivity (Wildman–Crippen MR) is 186 cm³/mol. The van der Waals surface area contributed by atoms with Crippen LogP contribution in [-0.4, -0.2) is 56.8 Å². The average molecular weight is 745 g/mol. The number of ether oxygens (including phenoxy) is 4. The number of halogens is 3. The molecule has 3 atom stereocenters. The van der Waals surface area contributed by atoms with Crippen LogP contribution >= 0.6 is 34.5 Å². The van der Waals surface area contributed by atoms with Gasteiger partial charge in [0.15, 0.2) is 23.9 Å². The normalized spacial score (nSPS) is 19.4. The molecule has 3 saturated heterocycles. The molecule has 1 N–H and O–H groups in total. The van der Waals surface area contributed by atoms with Crippen LogP contribution in [0.2, 0.25) is 10.0 Å². The molecule has 5 heterocycles. The van der Waals surface area contributed by atoms with E-state index in [0.29, 0.717) is 50.3 Å². The minimum Gasteiger partial charge on any atom is -0.619 e. The zero-order valence-corrected chi connectivity index (χ0v) is 29.7. The molecule has 3 aliphatic heterocycles. The molecule has 2 aromatic carbocycles. The number of piperidine rings is 3. The minimum absolute atomic E-state index is 0.0660. The molecule has 14 heteroatoms. The van der Waals surface area contributed by atoms with Crippen molar-refractivity contribution in [2.24, 2.45) is 5.92 Å². The summed E-state index contributed by atoms with van der Waals surface area (Å²) in [5.41, 5.74) is 1.46. The Labute approximate surface area is 303 Å². The first kappa shape index (κ1) is 35.9. The van der Waals surface area contributed by atoms with Gasteiger partial charge in [0.2, 0.25) is 0 Å². The van der Waals surface area contributed by atoms with Crippen molar-refractivity contribution in [3.8, 4) is 11.5 Å². The Morgan fingerprint density at radius 1 is 1.02 bits per heavy atom. The van der Waals surface area contributed by atoms with Gasteiger partial charge in [0.25, 0.3) is 0 Å². The lowest BCUT2D eigenvalue weighted by molar-refractivity contribution is -0.605. The zero-order chi connectivity index (χ0) is 35.4. The minimum atomic E-state index is -0.916. The molecule has 10 nitrogen and oxygen atoms in total. The molecule has 1 unspecified atom stereocenters. The maximum atomic E-state index is 14.3. The van der Waals surface area contributed by atoms with E-state index >= 15 is 0 Å². The lowest BCUT2D eigenvalue weighted by Gasteiger charge is -2.44. The Morgan fingerprint density at radius 3 is 2.42 bits per heavy atom. The van der Waals surface area contributed by atoms with Crippen LogP contribution in [0.1, 0.15) is 56.2 Å². The number of pyridine rings is 1. The summed E-state index contributed by atoms with van der Waals surface area (Å²) in [5, 5.41) is 15.3. The highest BCUT2D eigenvalue weighted by Gasteiger charge is 2.38. The first-order valence-corrected chi connectivity index (χ1v) is 17.7. The Bertz CT molecular complexity index is 1830. The zero-order valence-electron chi connectivity index (χ0n) is 27.4. The largest absolute Gasteiger partial charge is 0.619 e. The van der Waals surface area contributed by atoms with Crippen molar-refractivity contribution in [2.75, 3.05) is 33.9 Å². The number of hydrogen-bond acceptors (Lipinski definition) is 10. The van der Waals surface area contributed by atoms with Crippen LogP contribution in [0.3, 0.4) is 0 Å². The molecule has 0 spiro atoms. The summed E-state index contributed by atoms with van der Waals surface area (Å²) in [6.07, 6.45) is 3.33. The second kappa shape index (κ2) is 15.9. The van der Waals surface area contributed by atoms with E-state index in [-0.39, 0.29) is 29.1 Å². The Morgan fingerprint density at radius 2 is 1.76 bits per heavy atom. The van der Waals surface area contributed by atoms with E-state index < -0.39 is 29.9 Å². The molecule has 0 saturated carbocycles. The molecular formula is C36H36Cl2FN3O7S. The summed E-state index contributed by atoms with van der Waals surface area (Å²) in [7, 11) is 3.01. The van der Waals surface area contributed by atoms with E-state index in [1.165, 1.54) is 50.1 Å². The fourth-order valence-electron chi connectivity index (χ4n) is 6.45. The molecule has 264 valence electrons. The number of aromatic nitrogens is 1. The summed E-state index contributed by atoms with van der Waals surface area (Å²) in [4.78, 5) is 30.5. The molecule has 50 heavy (non-hydrogen) atoms. The first-order chi connectivity index (χ1) is 24.1. The molecule has 0 radical (unpaired) electrons. The number of benzene rings is 2. The van der Waals surface area contributed by atoms with Gasteiger partial charge >= 0.3 is 11.9 Å². The van der Waals surface area contributed by atoms with Gasteiger partial charge in [-0.15, -0.1) is 11.3 Å². The molecule has 3 fully saturated rings. The number of nitrogens with zero attached hydrogens (tertiary/aromatic N) is 2. The molecule has 4 aromatic rings. The quantitative estimate of drug-likeness (QED) is 0.0938. The molecule has 0 aliphatic carbocycles. The van der Waals surface area contributed by atoms with Gasteiger partial charge in [0, 0.05) is 30.0 Å². The monoisotopic (exact) mass is 743 g/mol. The van der Waals surface area contributed by atoms with Crippen molar-refractivity contribution in [3.63, 3.8) is 0 Å². The van der Waals surface area contributed by atoms with Gasteiger partial charge < -0.3 is 24.2 Å². The third-order valence-corrected chi connectivity index (χ3v) is 10.8. The van der Waals surface area contributed by atoms with Crippen molar-refractivity contribution < 1.29 is 37.7 Å². The van der Waals surface area contributed by atoms with Crippen LogP contribution in [0.25, 0.3) is 0 Å². The predicted octanol–water partition coefficient (Wildman–Crippen LogP) is 6.45. The van der Waals surface area contributed by atoms with Crippen LogP contribution in [0.4, 0.5) is 4.39 Å². The van der Waals surface area contributed by atoms with Crippen LogP contribution < -0.4 is 19.5 Å². The Kier molecular flexibility index (Phi) is 11.4. The van der Waals surface area contributed by atoms with E-state index in [1.807, 2.05) is 0 Å². The van der Waals surface area contributed by atoms with Crippen molar-refractivity contribution in [1.82, 2.24) is 10.2 Å². The molecule has 0 amide bonds. The van der Waals surface area contributed by atoms with Crippen molar-refractivity contribution >= 4 is 46.5 Å². The van der Waals surface area contributed by atoms with Gasteiger partial charge in [-0.25, -0.2) is 14.0 Å². The number of rotatable bonds is 13. The van der Waals surface area contributed by atoms with E-state index in [4.69, 9.17) is 42.1 Å². The molecule has 7 rings (SSSR count). The topological polar surface area (TPSA) is 113 Å². The van der Waals surface area contributed by atoms with Crippen LogP contribution in [0.15, 0.2) is 67.0 Å². The second-order valence-corrected chi connectivity index (χ2v) is 14.2. The summed E-state index contributed by atoms with van der Waals surface area (Å²) >= 11 is 14.0. The number of hydrogen-bond donors (Lipinski definition) is 1. The van der Waals surface area contributed by atoms with Gasteiger partial charge in [-0.2, -0.15) is 4.73 Å². The van der Waals surface area contributed by atoms with Crippen molar-refractivity contribution in [2.45, 2.75) is 44.1 Å². The first-order valence-electron chi connectivity index (χ1n) is 16.1. The van der Waals surface area contributed by atoms with Gasteiger partial charge in [-0.3, -0.25) is 10.2 Å². The van der Waals surface area contributed by atoms with Crippen molar-refractivity contribution in [3.05, 3.63) is 115 Å². The van der Waals surface area contributed by atoms with Gasteiger partial charge in [-0.1, -0.05) is 41.4 Å². The lowest BCUT2D eigenvalue weighted by atomic mass is 9.86. The summed E-state index contributed by atoms with van der Waals surface area (Å²) in [6.45, 7) is 2.93. The Hall–Kier alpha value is -3.94. The number of thiophene rings is 1. The van der Waals surface area contributed by atoms with Gasteiger partial charge in [0.1, 0.15) is 39.0 Å². The van der Waals surface area contributed by atoms with E-state index in [9.17, 15) is 19.2 Å². The highest BCUT2D eigenvalue weighted by atomic mass is 35.5. The maximum absolute atomic E-state index is 14.3. The number of nitrogens with one attached hydrogen (secondary N) is 1. The molecule has 3 aliphatic rings. The summed E-state index contributed by atoms with van der Waals surface area (Å²) in [6, 6.07) is 13.5. The lowest BCUT2D eigenvalue weighted by Crippen LogP contribution is -2.52. The summed E-state index contributed by atoms with van der Waals surface area (Å²) in [5.74, 6) is -0.291. The fraction of sp³-hybridized carbons (Fsp3) is 0.361. The molecular weight excluding hydrogens is 708 g/mol. The maximum Gasteiger partial charge on any atom is 0.348 e. The number of fused-ring (bicyclic) bond motifs is 3. The SMILES string of the molecule is COc1ccc([C@H](Cc2c(Cl)c[n+]([O-])cc2Cl)OC(=O)c2ccc(CNC(C(=O)O[C@H]3CN4CCC3CC4)c3cccc(F)c3)s2)cc1OC.